The van der Waals surface area contributed by atoms with Crippen LogP contribution in [0.4, 0.5) is 0 Å². The van der Waals surface area contributed by atoms with Gasteiger partial charge in [-0.15, -0.1) is 0 Å². The van der Waals surface area contributed by atoms with Crippen molar-refractivity contribution in [2.75, 3.05) is 33.0 Å². The molecule has 0 radical (unpaired) electrons. The second-order valence-electron chi connectivity index (χ2n) is 4.20. The first-order valence-corrected chi connectivity index (χ1v) is 6.02. The molecule has 0 aromatic heterocycles. The average molecular weight is 255 g/mol. The van der Waals surface area contributed by atoms with Crippen LogP contribution in [0.1, 0.15) is 6.42 Å². The number of benzene rings is 1. The molecule has 1 rings (SSSR count). The van der Waals surface area contributed by atoms with Crippen molar-refractivity contribution in [3.63, 3.8) is 0 Å². The summed E-state index contributed by atoms with van der Waals surface area (Å²) in [5.74, 6) is 0.815. The summed E-state index contributed by atoms with van der Waals surface area (Å²) in [5.41, 5.74) is -1.01. The minimum atomic E-state index is -1.01. The van der Waals surface area contributed by atoms with Crippen LogP contribution in [-0.4, -0.2) is 53.8 Å². The molecule has 0 atom stereocenters. The maximum atomic E-state index is 9.10. The largest absolute Gasteiger partial charge is 0.494 e. The van der Waals surface area contributed by atoms with Crippen molar-refractivity contribution in [1.29, 1.82) is 0 Å². The number of para-hydroxylation sites is 1. The van der Waals surface area contributed by atoms with E-state index in [9.17, 15) is 0 Å². The van der Waals surface area contributed by atoms with Gasteiger partial charge in [0, 0.05) is 0 Å². The lowest BCUT2D eigenvalue weighted by Gasteiger charge is -2.28. The van der Waals surface area contributed by atoms with Crippen molar-refractivity contribution in [1.82, 2.24) is 5.32 Å². The molecule has 1 aromatic carbocycles. The Labute approximate surface area is 107 Å². The first kappa shape index (κ1) is 14.9. The molecule has 18 heavy (non-hydrogen) atoms. The summed E-state index contributed by atoms with van der Waals surface area (Å²) < 4.78 is 5.49. The van der Waals surface area contributed by atoms with Crippen molar-refractivity contribution < 1.29 is 20.1 Å². The van der Waals surface area contributed by atoms with Crippen LogP contribution >= 0.6 is 0 Å². The number of ether oxygens (including phenoxy) is 1. The second kappa shape index (κ2) is 8.05. The number of hydrogen-bond donors (Lipinski definition) is 4. The van der Waals surface area contributed by atoms with E-state index in [1.165, 1.54) is 0 Å². The first-order valence-electron chi connectivity index (χ1n) is 6.02. The lowest BCUT2D eigenvalue weighted by molar-refractivity contribution is 0.0419. The molecule has 0 spiro atoms. The third-order valence-corrected chi connectivity index (χ3v) is 2.74. The van der Waals surface area contributed by atoms with Gasteiger partial charge >= 0.3 is 0 Å². The molecule has 102 valence electrons. The summed E-state index contributed by atoms with van der Waals surface area (Å²) in [6.45, 7) is 0.169. The van der Waals surface area contributed by atoms with Gasteiger partial charge in [0.1, 0.15) is 5.75 Å². The summed E-state index contributed by atoms with van der Waals surface area (Å²) in [7, 11) is 0. The Bertz CT molecular complexity index is 306. The van der Waals surface area contributed by atoms with E-state index in [4.69, 9.17) is 20.1 Å². The van der Waals surface area contributed by atoms with Crippen LogP contribution in [0.15, 0.2) is 30.3 Å². The van der Waals surface area contributed by atoms with Gasteiger partial charge in [0.2, 0.25) is 0 Å². The van der Waals surface area contributed by atoms with E-state index in [0.717, 1.165) is 12.2 Å². The fraction of sp³-hybridized carbons (Fsp3) is 0.538. The zero-order valence-corrected chi connectivity index (χ0v) is 10.4. The van der Waals surface area contributed by atoms with Gasteiger partial charge in [0.05, 0.1) is 32.0 Å². The molecule has 0 heterocycles. The smallest absolute Gasteiger partial charge is 0.119 e. The normalized spacial score (nSPS) is 11.5. The van der Waals surface area contributed by atoms with Crippen LogP contribution < -0.4 is 10.1 Å². The van der Waals surface area contributed by atoms with Gasteiger partial charge in [-0.1, -0.05) is 18.2 Å². The van der Waals surface area contributed by atoms with Gasteiger partial charge in [0.15, 0.2) is 0 Å². The molecule has 0 aliphatic carbocycles. The van der Waals surface area contributed by atoms with Gasteiger partial charge in [-0.2, -0.15) is 0 Å². The van der Waals surface area contributed by atoms with E-state index in [0.29, 0.717) is 13.2 Å². The van der Waals surface area contributed by atoms with Crippen LogP contribution in [0, 0.1) is 0 Å². The minimum absolute atomic E-state index is 0.306. The predicted molar refractivity (Wildman–Crippen MR) is 68.5 cm³/mol. The fourth-order valence-corrected chi connectivity index (χ4v) is 1.45. The molecule has 0 bridgehead atoms. The quantitative estimate of drug-likeness (QED) is 0.458. The number of nitrogens with one attached hydrogen (secondary N) is 1. The highest BCUT2D eigenvalue weighted by Crippen LogP contribution is 2.08. The van der Waals surface area contributed by atoms with Gasteiger partial charge in [-0.05, 0) is 25.1 Å². The van der Waals surface area contributed by atoms with E-state index < -0.39 is 5.54 Å². The van der Waals surface area contributed by atoms with Crippen LogP contribution in [0.25, 0.3) is 0 Å². The average Bonchev–Trinajstić information content (AvgIpc) is 2.45. The monoisotopic (exact) mass is 255 g/mol. The molecule has 4 N–H and O–H groups in total. The van der Waals surface area contributed by atoms with Crippen molar-refractivity contribution in [3.8, 4) is 5.75 Å². The Morgan fingerprint density at radius 2 is 1.61 bits per heavy atom. The minimum Gasteiger partial charge on any atom is -0.494 e. The van der Waals surface area contributed by atoms with E-state index in [1.807, 2.05) is 30.3 Å². The number of hydrogen-bond acceptors (Lipinski definition) is 5. The Morgan fingerprint density at radius 1 is 1.00 bits per heavy atom. The highest BCUT2D eigenvalue weighted by molar-refractivity contribution is 5.20. The summed E-state index contributed by atoms with van der Waals surface area (Å²) in [4.78, 5) is 0. The van der Waals surface area contributed by atoms with Crippen LogP contribution in [0.2, 0.25) is 0 Å². The summed E-state index contributed by atoms with van der Waals surface area (Å²) in [5, 5.41) is 30.2. The maximum Gasteiger partial charge on any atom is 0.119 e. The molecule has 1 aromatic rings. The molecule has 0 aliphatic heterocycles. The number of aliphatic hydroxyl groups is 3. The molecular formula is C13H21NO4. The predicted octanol–water partition coefficient (Wildman–Crippen LogP) is -0.239. The molecular weight excluding hydrogens is 234 g/mol. The van der Waals surface area contributed by atoms with Crippen LogP contribution in [-0.2, 0) is 0 Å². The summed E-state index contributed by atoms with van der Waals surface area (Å²) in [6.07, 6.45) is 0.719. The van der Waals surface area contributed by atoms with E-state index in [2.05, 4.69) is 5.32 Å². The SMILES string of the molecule is OCC(CO)(CO)NCCCOc1ccccc1. The Morgan fingerprint density at radius 3 is 2.17 bits per heavy atom. The molecule has 0 fully saturated rings. The second-order valence-corrected chi connectivity index (χ2v) is 4.20. The molecule has 0 aliphatic rings. The lowest BCUT2D eigenvalue weighted by atomic mass is 10.0. The van der Waals surface area contributed by atoms with Gasteiger partial charge < -0.3 is 25.4 Å². The summed E-state index contributed by atoms with van der Waals surface area (Å²) in [6, 6.07) is 9.50. The molecule has 0 unspecified atom stereocenters. The molecule has 0 saturated carbocycles. The third-order valence-electron chi connectivity index (χ3n) is 2.74. The number of rotatable bonds is 9. The highest BCUT2D eigenvalue weighted by Gasteiger charge is 2.26. The Kier molecular flexibility index (Phi) is 6.67. The lowest BCUT2D eigenvalue weighted by Crippen LogP contribution is -2.55. The van der Waals surface area contributed by atoms with Crippen molar-refractivity contribution >= 4 is 0 Å². The zero-order valence-electron chi connectivity index (χ0n) is 10.4. The van der Waals surface area contributed by atoms with Gasteiger partial charge in [-0.25, -0.2) is 0 Å². The van der Waals surface area contributed by atoms with Crippen molar-refractivity contribution in [2.24, 2.45) is 0 Å². The topological polar surface area (TPSA) is 82.0 Å². The molecule has 0 saturated heterocycles. The van der Waals surface area contributed by atoms with E-state index >= 15 is 0 Å². The standard InChI is InChI=1S/C13H21NO4/c15-9-13(10-16,11-17)14-7-4-8-18-12-5-2-1-3-6-12/h1-3,5-6,14-17H,4,7-11H2. The third kappa shape index (κ3) is 4.62. The molecule has 5 nitrogen and oxygen atoms in total. The fourth-order valence-electron chi connectivity index (χ4n) is 1.45. The zero-order chi connectivity index (χ0) is 13.3. The Hall–Kier alpha value is -1.14. The summed E-state index contributed by atoms with van der Waals surface area (Å²) >= 11 is 0. The Balaban J connectivity index is 2.18. The maximum absolute atomic E-state index is 9.10. The molecule has 5 heteroatoms. The van der Waals surface area contributed by atoms with Crippen LogP contribution in [0.5, 0.6) is 5.75 Å². The number of aliphatic hydroxyl groups excluding tert-OH is 3. The van der Waals surface area contributed by atoms with Crippen molar-refractivity contribution in [2.45, 2.75) is 12.0 Å². The van der Waals surface area contributed by atoms with Crippen molar-refractivity contribution in [3.05, 3.63) is 30.3 Å². The van der Waals surface area contributed by atoms with Gasteiger partial charge in [-0.3, -0.25) is 0 Å². The first-order chi connectivity index (χ1) is 8.76. The van der Waals surface area contributed by atoms with E-state index in [-0.39, 0.29) is 19.8 Å². The van der Waals surface area contributed by atoms with Gasteiger partial charge in [0.25, 0.3) is 0 Å². The highest BCUT2D eigenvalue weighted by atomic mass is 16.5. The van der Waals surface area contributed by atoms with Crippen LogP contribution in [0.3, 0.4) is 0 Å². The van der Waals surface area contributed by atoms with E-state index in [1.54, 1.807) is 0 Å². The molecule has 0 amide bonds.